The third kappa shape index (κ3) is 5.33. The molecule has 0 aliphatic carbocycles. The van der Waals surface area contributed by atoms with E-state index in [9.17, 15) is 4.39 Å². The van der Waals surface area contributed by atoms with Crippen molar-refractivity contribution in [2.24, 2.45) is 11.8 Å². The van der Waals surface area contributed by atoms with Crippen LogP contribution in [-0.4, -0.2) is 40.5 Å². The summed E-state index contributed by atoms with van der Waals surface area (Å²) in [7, 11) is 0. The summed E-state index contributed by atoms with van der Waals surface area (Å²) in [4.78, 5) is 8.45. The Balaban J connectivity index is 1.37. The van der Waals surface area contributed by atoms with Crippen molar-refractivity contribution in [3.05, 3.63) is 69.8 Å². The lowest BCUT2D eigenvalue weighted by atomic mass is 9.92. The van der Waals surface area contributed by atoms with Gasteiger partial charge in [-0.25, -0.2) is 18.2 Å². The van der Waals surface area contributed by atoms with Gasteiger partial charge in [-0.15, -0.1) is 0 Å². The highest BCUT2D eigenvalue weighted by atomic mass is 19.1. The van der Waals surface area contributed by atoms with Gasteiger partial charge in [-0.3, -0.25) is 0 Å². The molecule has 1 aromatic carbocycles. The number of allylic oxidation sites excluding steroid dienone is 1. The number of aromatic nitrogens is 3. The van der Waals surface area contributed by atoms with Crippen LogP contribution in [0.5, 0.6) is 0 Å². The Morgan fingerprint density at radius 1 is 0.973 bits per heavy atom. The average molecular weight is 514 g/mol. The van der Waals surface area contributed by atoms with Gasteiger partial charge in [-0.05, 0) is 62.1 Å². The van der Waals surface area contributed by atoms with Gasteiger partial charge in [-0.2, -0.15) is 4.98 Å². The van der Waals surface area contributed by atoms with Gasteiger partial charge in [0.05, 0.1) is 36.7 Å². The number of nitrogens with zero attached hydrogens (tertiary/aromatic N) is 3. The summed E-state index contributed by atoms with van der Waals surface area (Å²) >= 11 is 0. The Hall–Kier alpha value is -3.04. The molecule has 196 valence electrons. The van der Waals surface area contributed by atoms with Gasteiger partial charge in [0.15, 0.2) is 5.82 Å². The van der Waals surface area contributed by atoms with E-state index in [1.54, 1.807) is 13.8 Å². The summed E-state index contributed by atoms with van der Waals surface area (Å²) in [5, 5.41) is 3.79. The predicted octanol–water partition coefficient (Wildman–Crippen LogP) is 5.79. The van der Waals surface area contributed by atoms with Crippen molar-refractivity contribution in [1.82, 2.24) is 15.1 Å². The first-order valence-corrected chi connectivity index (χ1v) is 12.5. The second-order valence-corrected chi connectivity index (χ2v) is 10.2. The van der Waals surface area contributed by atoms with E-state index in [0.717, 1.165) is 12.0 Å². The molecule has 2 aliphatic rings. The lowest BCUT2D eigenvalue weighted by molar-refractivity contribution is 0.0614. The molecule has 37 heavy (non-hydrogen) atoms. The third-order valence-electron chi connectivity index (χ3n) is 7.12. The molecule has 0 N–H and O–H groups in total. The quantitative estimate of drug-likeness (QED) is 0.398. The molecule has 0 saturated carbocycles. The van der Waals surface area contributed by atoms with Crippen LogP contribution in [0.1, 0.15) is 48.8 Å². The van der Waals surface area contributed by atoms with Gasteiger partial charge in [0, 0.05) is 25.2 Å². The maximum Gasteiger partial charge on any atom is 0.223 e. The fourth-order valence-electron chi connectivity index (χ4n) is 5.26. The predicted molar refractivity (Wildman–Crippen MR) is 131 cm³/mol. The van der Waals surface area contributed by atoms with E-state index < -0.39 is 23.0 Å². The van der Waals surface area contributed by atoms with Gasteiger partial charge in [0.2, 0.25) is 5.89 Å². The SMILES string of the molecule is C/C(=C\c1nc(-c2c(F)cc(CCc3noc(C)n3)cc2F)c(F)cc1C)CC1COC2C(C)COC12. The normalized spacial score (nSPS) is 23.6. The number of hydrogen-bond acceptors (Lipinski definition) is 6. The summed E-state index contributed by atoms with van der Waals surface area (Å²) < 4.78 is 61.9. The van der Waals surface area contributed by atoms with Crippen LogP contribution < -0.4 is 0 Å². The van der Waals surface area contributed by atoms with Crippen molar-refractivity contribution >= 4 is 6.08 Å². The summed E-state index contributed by atoms with van der Waals surface area (Å²) in [6.45, 7) is 8.82. The molecule has 4 atom stereocenters. The standard InChI is InChI=1S/C28H30F3N3O3/c1-14(7-19-13-36-27-16(3)12-35-28(19)27)8-23-15(2)9-22(31)26(33-23)25-20(29)10-18(11-21(25)30)5-6-24-32-17(4)37-34-24/h8-11,16,19,27-28H,5-7,12-13H2,1-4H3/b14-8+. The minimum absolute atomic E-state index is 0.0713. The molecule has 2 fully saturated rings. The highest BCUT2D eigenvalue weighted by molar-refractivity contribution is 5.65. The van der Waals surface area contributed by atoms with Gasteiger partial charge in [0.25, 0.3) is 0 Å². The number of benzene rings is 1. The second-order valence-electron chi connectivity index (χ2n) is 10.2. The molecule has 0 radical (unpaired) electrons. The maximum absolute atomic E-state index is 15.1. The molecule has 5 rings (SSSR count). The first-order valence-electron chi connectivity index (χ1n) is 12.5. The van der Waals surface area contributed by atoms with Crippen LogP contribution in [-0.2, 0) is 22.3 Å². The van der Waals surface area contributed by atoms with Crippen LogP contribution in [0.4, 0.5) is 13.2 Å². The highest BCUT2D eigenvalue weighted by Crippen LogP contribution is 2.37. The first-order chi connectivity index (χ1) is 17.7. The van der Waals surface area contributed by atoms with Crippen LogP contribution in [0.25, 0.3) is 17.3 Å². The minimum Gasteiger partial charge on any atom is -0.375 e. The Labute approximate surface area is 213 Å². The van der Waals surface area contributed by atoms with Gasteiger partial charge in [-0.1, -0.05) is 17.7 Å². The van der Waals surface area contributed by atoms with Gasteiger partial charge >= 0.3 is 0 Å². The molecule has 0 bridgehead atoms. The van der Waals surface area contributed by atoms with Crippen LogP contribution in [0, 0.1) is 43.1 Å². The Bertz CT molecular complexity index is 1320. The minimum atomic E-state index is -0.872. The van der Waals surface area contributed by atoms with Crippen LogP contribution in [0.3, 0.4) is 0 Å². The van der Waals surface area contributed by atoms with E-state index in [-0.39, 0.29) is 23.8 Å². The third-order valence-corrected chi connectivity index (χ3v) is 7.12. The van der Waals surface area contributed by atoms with E-state index in [4.69, 9.17) is 14.0 Å². The van der Waals surface area contributed by atoms with Crippen molar-refractivity contribution < 1.29 is 27.2 Å². The number of hydrogen-bond donors (Lipinski definition) is 0. The fraction of sp³-hybridized carbons (Fsp3) is 0.464. The zero-order valence-corrected chi connectivity index (χ0v) is 21.4. The monoisotopic (exact) mass is 513 g/mol. The molecule has 4 heterocycles. The largest absolute Gasteiger partial charge is 0.375 e. The van der Waals surface area contributed by atoms with Gasteiger partial charge < -0.3 is 14.0 Å². The molecular formula is C28H30F3N3O3. The molecular weight excluding hydrogens is 483 g/mol. The zero-order valence-electron chi connectivity index (χ0n) is 21.4. The molecule has 6 nitrogen and oxygen atoms in total. The molecule has 0 spiro atoms. The first kappa shape index (κ1) is 25.6. The molecule has 2 saturated heterocycles. The number of pyridine rings is 1. The Kier molecular flexibility index (Phi) is 7.18. The molecule has 2 aromatic heterocycles. The lowest BCUT2D eigenvalue weighted by Crippen LogP contribution is -2.25. The zero-order chi connectivity index (χ0) is 26.3. The average Bonchev–Trinajstić information content (AvgIpc) is 3.53. The van der Waals surface area contributed by atoms with Crippen LogP contribution in [0.2, 0.25) is 0 Å². The maximum atomic E-state index is 15.1. The number of aryl methyl sites for hydroxylation is 4. The lowest BCUT2D eigenvalue weighted by Gasteiger charge is -2.16. The van der Waals surface area contributed by atoms with Crippen molar-refractivity contribution in [1.29, 1.82) is 0 Å². The molecule has 2 aliphatic heterocycles. The number of rotatable bonds is 7. The molecule has 4 unspecified atom stereocenters. The van der Waals surface area contributed by atoms with Crippen molar-refractivity contribution in [2.45, 2.75) is 59.2 Å². The highest BCUT2D eigenvalue weighted by Gasteiger charge is 2.45. The molecule has 3 aromatic rings. The van der Waals surface area contributed by atoms with Crippen LogP contribution >= 0.6 is 0 Å². The number of fused-ring (bicyclic) bond motifs is 1. The Morgan fingerprint density at radius 2 is 1.70 bits per heavy atom. The summed E-state index contributed by atoms with van der Waals surface area (Å²) in [5.74, 6) is -1.04. The fourth-order valence-corrected chi connectivity index (χ4v) is 5.26. The van der Waals surface area contributed by atoms with E-state index in [2.05, 4.69) is 22.0 Å². The second kappa shape index (κ2) is 10.4. The van der Waals surface area contributed by atoms with Crippen molar-refractivity contribution in [3.8, 4) is 11.3 Å². The summed E-state index contributed by atoms with van der Waals surface area (Å²) in [6.07, 6.45) is 3.44. The van der Waals surface area contributed by atoms with Crippen molar-refractivity contribution in [3.63, 3.8) is 0 Å². The van der Waals surface area contributed by atoms with E-state index in [1.165, 1.54) is 18.2 Å². The molecule has 9 heteroatoms. The smallest absolute Gasteiger partial charge is 0.223 e. The van der Waals surface area contributed by atoms with Crippen LogP contribution in [0.15, 0.2) is 28.3 Å². The number of halogens is 3. The topological polar surface area (TPSA) is 70.3 Å². The Morgan fingerprint density at radius 3 is 2.41 bits per heavy atom. The van der Waals surface area contributed by atoms with E-state index in [1.807, 2.05) is 13.0 Å². The summed E-state index contributed by atoms with van der Waals surface area (Å²) in [5.41, 5.74) is 1.64. The van der Waals surface area contributed by atoms with E-state index >= 15 is 8.78 Å². The van der Waals surface area contributed by atoms with E-state index in [0.29, 0.717) is 60.5 Å². The summed E-state index contributed by atoms with van der Waals surface area (Å²) in [6, 6.07) is 3.67. The molecule has 0 amide bonds. The van der Waals surface area contributed by atoms with Crippen molar-refractivity contribution in [2.75, 3.05) is 13.2 Å². The number of ether oxygens (including phenoxy) is 2. The van der Waals surface area contributed by atoms with Gasteiger partial charge in [0.1, 0.15) is 23.1 Å².